The highest BCUT2D eigenvalue weighted by atomic mass is 19.1. The van der Waals surface area contributed by atoms with Gasteiger partial charge in [0.05, 0.1) is 23.4 Å². The maximum atomic E-state index is 13.1. The van der Waals surface area contributed by atoms with Gasteiger partial charge in [-0.25, -0.2) is 4.39 Å². The van der Waals surface area contributed by atoms with Crippen molar-refractivity contribution in [3.05, 3.63) is 89.7 Å². The third-order valence-corrected chi connectivity index (χ3v) is 4.50. The van der Waals surface area contributed by atoms with Gasteiger partial charge < -0.3 is 21.3 Å². The third kappa shape index (κ3) is 5.91. The Morgan fingerprint density at radius 2 is 1.34 bits per heavy atom. The molecule has 0 aliphatic carbocycles. The first-order chi connectivity index (χ1) is 15.5. The van der Waals surface area contributed by atoms with Gasteiger partial charge in [0.15, 0.2) is 0 Å². The predicted molar refractivity (Wildman–Crippen MR) is 122 cm³/mol. The Bertz CT molecular complexity index is 1120. The molecule has 0 unspecified atom stereocenters. The van der Waals surface area contributed by atoms with E-state index < -0.39 is 17.6 Å². The Balaban J connectivity index is 1.66. The van der Waals surface area contributed by atoms with Crippen molar-refractivity contribution in [2.75, 3.05) is 29.0 Å². The van der Waals surface area contributed by atoms with Crippen molar-refractivity contribution in [1.82, 2.24) is 5.32 Å². The summed E-state index contributed by atoms with van der Waals surface area (Å²) in [6, 6.07) is 18.8. The molecule has 0 saturated carbocycles. The van der Waals surface area contributed by atoms with Crippen LogP contribution in [0.1, 0.15) is 27.6 Å². The summed E-state index contributed by atoms with van der Waals surface area (Å²) in [6.07, 6.45) is 0. The third-order valence-electron chi connectivity index (χ3n) is 4.50. The van der Waals surface area contributed by atoms with Crippen LogP contribution in [0.4, 0.5) is 21.5 Å². The van der Waals surface area contributed by atoms with Gasteiger partial charge in [0.2, 0.25) is 5.91 Å². The summed E-state index contributed by atoms with van der Waals surface area (Å²) in [7, 11) is 0. The zero-order valence-corrected chi connectivity index (χ0v) is 17.4. The molecular formula is C24H23FN4O3. The van der Waals surface area contributed by atoms with Gasteiger partial charge in [0, 0.05) is 17.9 Å². The lowest BCUT2D eigenvalue weighted by molar-refractivity contribution is -0.114. The molecule has 4 N–H and O–H groups in total. The number of rotatable bonds is 8. The zero-order valence-electron chi connectivity index (χ0n) is 17.4. The van der Waals surface area contributed by atoms with Crippen LogP contribution in [0, 0.1) is 5.82 Å². The summed E-state index contributed by atoms with van der Waals surface area (Å²) in [5, 5.41) is 11.1. The number of hydrogen-bond donors (Lipinski definition) is 4. The summed E-state index contributed by atoms with van der Waals surface area (Å²) in [5.41, 5.74) is 1.97. The fourth-order valence-electron chi connectivity index (χ4n) is 2.98. The van der Waals surface area contributed by atoms with E-state index >= 15 is 0 Å². The highest BCUT2D eigenvalue weighted by Gasteiger charge is 2.15. The van der Waals surface area contributed by atoms with Gasteiger partial charge in [-0.2, -0.15) is 0 Å². The number of benzene rings is 3. The van der Waals surface area contributed by atoms with Crippen molar-refractivity contribution in [1.29, 1.82) is 0 Å². The SMILES string of the molecule is CCNC(=O)c1ccccc1NCC(=O)Nc1ccccc1C(=O)Nc1ccc(F)cc1. The summed E-state index contributed by atoms with van der Waals surface area (Å²) < 4.78 is 13.1. The summed E-state index contributed by atoms with van der Waals surface area (Å²) in [6.45, 7) is 2.21. The molecular weight excluding hydrogens is 411 g/mol. The van der Waals surface area contributed by atoms with Crippen molar-refractivity contribution >= 4 is 34.8 Å². The first-order valence-corrected chi connectivity index (χ1v) is 10.0. The van der Waals surface area contributed by atoms with Gasteiger partial charge in [-0.05, 0) is 55.5 Å². The standard InChI is InChI=1S/C24H23FN4O3/c1-2-26-23(31)18-7-3-5-9-20(18)27-15-22(30)29-21-10-6-4-8-19(21)24(32)28-17-13-11-16(25)12-14-17/h3-14,27H,2,15H2,1H3,(H,26,31)(H,28,32)(H,29,30). The van der Waals surface area contributed by atoms with Crippen molar-refractivity contribution < 1.29 is 18.8 Å². The quantitative estimate of drug-likeness (QED) is 0.432. The highest BCUT2D eigenvalue weighted by Crippen LogP contribution is 2.19. The van der Waals surface area contributed by atoms with E-state index in [4.69, 9.17) is 0 Å². The molecule has 3 amide bonds. The van der Waals surface area contributed by atoms with E-state index in [0.717, 1.165) is 0 Å². The van der Waals surface area contributed by atoms with Crippen LogP contribution in [-0.2, 0) is 4.79 Å². The van der Waals surface area contributed by atoms with Crippen LogP contribution in [0.15, 0.2) is 72.8 Å². The number of halogens is 1. The molecule has 164 valence electrons. The monoisotopic (exact) mass is 434 g/mol. The molecule has 0 spiro atoms. The van der Waals surface area contributed by atoms with Crippen LogP contribution in [0.25, 0.3) is 0 Å². The summed E-state index contributed by atoms with van der Waals surface area (Å²) in [5.74, 6) is -1.48. The molecule has 3 aromatic carbocycles. The second-order valence-corrected chi connectivity index (χ2v) is 6.81. The fourth-order valence-corrected chi connectivity index (χ4v) is 2.98. The minimum atomic E-state index is -0.443. The molecule has 8 heteroatoms. The van der Waals surface area contributed by atoms with Crippen LogP contribution in [-0.4, -0.2) is 30.8 Å². The van der Waals surface area contributed by atoms with E-state index in [9.17, 15) is 18.8 Å². The molecule has 0 aromatic heterocycles. The van der Waals surface area contributed by atoms with Crippen molar-refractivity contribution in [3.8, 4) is 0 Å². The maximum absolute atomic E-state index is 13.1. The average molecular weight is 434 g/mol. The molecule has 0 aliphatic heterocycles. The molecule has 32 heavy (non-hydrogen) atoms. The van der Waals surface area contributed by atoms with Gasteiger partial charge in [-0.1, -0.05) is 24.3 Å². The van der Waals surface area contributed by atoms with Crippen LogP contribution < -0.4 is 21.3 Å². The first-order valence-electron chi connectivity index (χ1n) is 10.0. The number of para-hydroxylation sites is 2. The Labute approximate surface area is 185 Å². The average Bonchev–Trinajstić information content (AvgIpc) is 2.80. The molecule has 0 bridgehead atoms. The lowest BCUT2D eigenvalue weighted by Crippen LogP contribution is -2.26. The number of anilines is 3. The number of carbonyl (C=O) groups is 3. The summed E-state index contributed by atoms with van der Waals surface area (Å²) in [4.78, 5) is 37.3. The van der Waals surface area contributed by atoms with Crippen molar-refractivity contribution in [3.63, 3.8) is 0 Å². The number of amides is 3. The smallest absolute Gasteiger partial charge is 0.257 e. The molecule has 0 saturated heterocycles. The molecule has 0 radical (unpaired) electrons. The predicted octanol–water partition coefficient (Wildman–Crippen LogP) is 3.88. The Morgan fingerprint density at radius 1 is 0.750 bits per heavy atom. The largest absolute Gasteiger partial charge is 0.376 e. The number of carbonyl (C=O) groups excluding carboxylic acids is 3. The molecule has 0 fully saturated rings. The minimum Gasteiger partial charge on any atom is -0.376 e. The van der Waals surface area contributed by atoms with E-state index in [2.05, 4.69) is 21.3 Å². The molecule has 0 aliphatic rings. The van der Waals surface area contributed by atoms with E-state index in [-0.39, 0.29) is 18.0 Å². The second-order valence-electron chi connectivity index (χ2n) is 6.81. The number of hydrogen-bond acceptors (Lipinski definition) is 4. The van der Waals surface area contributed by atoms with Gasteiger partial charge in [-0.15, -0.1) is 0 Å². The van der Waals surface area contributed by atoms with Crippen LogP contribution in [0.2, 0.25) is 0 Å². The normalized spacial score (nSPS) is 10.2. The zero-order chi connectivity index (χ0) is 22.9. The summed E-state index contributed by atoms with van der Waals surface area (Å²) >= 11 is 0. The van der Waals surface area contributed by atoms with Crippen LogP contribution in [0.3, 0.4) is 0 Å². The van der Waals surface area contributed by atoms with Crippen molar-refractivity contribution in [2.45, 2.75) is 6.92 Å². The molecule has 3 rings (SSSR count). The second kappa shape index (κ2) is 10.7. The van der Waals surface area contributed by atoms with E-state index in [0.29, 0.717) is 29.2 Å². The first kappa shape index (κ1) is 22.5. The Hall–Kier alpha value is -4.20. The van der Waals surface area contributed by atoms with E-state index in [1.807, 2.05) is 6.92 Å². The molecule has 0 heterocycles. The van der Waals surface area contributed by atoms with Crippen LogP contribution in [0.5, 0.6) is 0 Å². The van der Waals surface area contributed by atoms with E-state index in [1.54, 1.807) is 48.5 Å². The lowest BCUT2D eigenvalue weighted by Gasteiger charge is -2.14. The molecule has 0 atom stereocenters. The number of nitrogens with one attached hydrogen (secondary N) is 4. The van der Waals surface area contributed by atoms with Gasteiger partial charge in [0.25, 0.3) is 11.8 Å². The highest BCUT2D eigenvalue weighted by molar-refractivity contribution is 6.10. The molecule has 7 nitrogen and oxygen atoms in total. The van der Waals surface area contributed by atoms with Gasteiger partial charge in [-0.3, -0.25) is 14.4 Å². The maximum Gasteiger partial charge on any atom is 0.257 e. The topological polar surface area (TPSA) is 99.3 Å². The van der Waals surface area contributed by atoms with Crippen LogP contribution >= 0.6 is 0 Å². The fraction of sp³-hybridized carbons (Fsp3) is 0.125. The Kier molecular flexibility index (Phi) is 7.53. The Morgan fingerprint density at radius 3 is 2.00 bits per heavy atom. The lowest BCUT2D eigenvalue weighted by atomic mass is 10.1. The van der Waals surface area contributed by atoms with Gasteiger partial charge >= 0.3 is 0 Å². The minimum absolute atomic E-state index is 0.107. The van der Waals surface area contributed by atoms with Crippen molar-refractivity contribution in [2.24, 2.45) is 0 Å². The molecule has 3 aromatic rings. The van der Waals surface area contributed by atoms with E-state index in [1.165, 1.54) is 24.3 Å². The van der Waals surface area contributed by atoms with Gasteiger partial charge in [0.1, 0.15) is 5.82 Å².